The Balaban J connectivity index is 0.000000322. The molecule has 3 rings (SSSR count). The van der Waals surface area contributed by atoms with Crippen molar-refractivity contribution in [1.82, 2.24) is 0 Å². The Hall–Kier alpha value is -3.76. The molecule has 1 N–H and O–H groups in total. The van der Waals surface area contributed by atoms with E-state index in [4.69, 9.17) is 4.74 Å². The Kier molecular flexibility index (Phi) is 12.6. The van der Waals surface area contributed by atoms with Crippen LogP contribution in [0.15, 0.2) is 91.0 Å². The second-order valence-corrected chi connectivity index (χ2v) is 10.5. The molecule has 4 heteroatoms. The summed E-state index contributed by atoms with van der Waals surface area (Å²) < 4.78 is 5.31. The minimum atomic E-state index is -1.24. The number of carbonyl (C=O) groups excluding carboxylic acids is 2. The van der Waals surface area contributed by atoms with E-state index >= 15 is 0 Å². The smallest absolute Gasteiger partial charge is 0.309 e. The van der Waals surface area contributed by atoms with Crippen molar-refractivity contribution in [2.75, 3.05) is 0 Å². The number of ether oxygens (including phenoxy) is 1. The molecule has 0 fully saturated rings. The number of rotatable bonds is 10. The van der Waals surface area contributed by atoms with E-state index < -0.39 is 11.6 Å². The zero-order valence-electron chi connectivity index (χ0n) is 24.1. The fourth-order valence-electron chi connectivity index (χ4n) is 3.44. The van der Waals surface area contributed by atoms with Gasteiger partial charge in [-0.25, -0.2) is 0 Å². The number of hydrogen-bond donors (Lipinski definition) is 1. The van der Waals surface area contributed by atoms with Gasteiger partial charge in [0, 0.05) is 5.92 Å². The summed E-state index contributed by atoms with van der Waals surface area (Å²) in [7, 11) is 0. The summed E-state index contributed by atoms with van der Waals surface area (Å²) in [5.74, 6) is -0.269. The first-order valence-electron chi connectivity index (χ1n) is 13.4. The maximum atomic E-state index is 12.2. The quantitative estimate of drug-likeness (QED) is 0.217. The first-order chi connectivity index (χ1) is 18.5. The van der Waals surface area contributed by atoms with Crippen LogP contribution in [-0.2, 0) is 20.9 Å². The SMILES string of the molecule is Cc1ccc(/C=C/C(=O)C(C)C)cc1.Cc1ccc(/C=C/C(O)(CC(=O)OCc2ccccc2)C(C)C)cc1. The van der Waals surface area contributed by atoms with Gasteiger partial charge in [0.05, 0.1) is 12.0 Å². The molecule has 0 aliphatic carbocycles. The lowest BCUT2D eigenvalue weighted by Gasteiger charge is -2.28. The van der Waals surface area contributed by atoms with Crippen molar-refractivity contribution < 1.29 is 19.4 Å². The van der Waals surface area contributed by atoms with Crippen molar-refractivity contribution in [3.63, 3.8) is 0 Å². The molecule has 0 radical (unpaired) electrons. The molecule has 39 heavy (non-hydrogen) atoms. The fraction of sp³-hybridized carbons (Fsp3) is 0.314. The van der Waals surface area contributed by atoms with E-state index in [-0.39, 0.29) is 30.6 Å². The number of esters is 1. The maximum Gasteiger partial charge on any atom is 0.309 e. The van der Waals surface area contributed by atoms with Crippen molar-refractivity contribution in [3.8, 4) is 0 Å². The van der Waals surface area contributed by atoms with Crippen LogP contribution < -0.4 is 0 Å². The topological polar surface area (TPSA) is 63.6 Å². The summed E-state index contributed by atoms with van der Waals surface area (Å²) in [5.41, 5.74) is 4.17. The van der Waals surface area contributed by atoms with E-state index in [2.05, 4.69) is 0 Å². The first kappa shape index (κ1) is 31.5. The molecule has 3 aromatic carbocycles. The number of aryl methyl sites for hydroxylation is 2. The van der Waals surface area contributed by atoms with Gasteiger partial charge in [0.2, 0.25) is 0 Å². The lowest BCUT2D eigenvalue weighted by atomic mass is 9.86. The molecule has 0 aliphatic rings. The third-order valence-corrected chi connectivity index (χ3v) is 6.40. The van der Waals surface area contributed by atoms with Gasteiger partial charge < -0.3 is 9.84 Å². The Labute approximate surface area is 234 Å². The van der Waals surface area contributed by atoms with E-state index in [0.29, 0.717) is 0 Å². The van der Waals surface area contributed by atoms with Gasteiger partial charge in [0.1, 0.15) is 6.61 Å². The molecule has 0 aliphatic heterocycles. The summed E-state index contributed by atoms with van der Waals surface area (Å²) in [6, 6.07) is 25.6. The highest BCUT2D eigenvalue weighted by Gasteiger charge is 2.31. The minimum absolute atomic E-state index is 0.0696. The van der Waals surface area contributed by atoms with Gasteiger partial charge in [-0.3, -0.25) is 9.59 Å². The number of aliphatic hydroxyl groups is 1. The molecule has 0 aromatic heterocycles. The van der Waals surface area contributed by atoms with E-state index in [9.17, 15) is 14.7 Å². The van der Waals surface area contributed by atoms with Crippen LogP contribution in [0, 0.1) is 25.7 Å². The van der Waals surface area contributed by atoms with Crippen molar-refractivity contribution in [2.24, 2.45) is 11.8 Å². The Bertz CT molecular complexity index is 1220. The molecule has 4 nitrogen and oxygen atoms in total. The third kappa shape index (κ3) is 11.7. The van der Waals surface area contributed by atoms with E-state index in [0.717, 1.165) is 16.7 Å². The van der Waals surface area contributed by atoms with Gasteiger partial charge in [-0.15, -0.1) is 0 Å². The number of ketones is 1. The van der Waals surface area contributed by atoms with Crippen molar-refractivity contribution in [3.05, 3.63) is 119 Å². The third-order valence-electron chi connectivity index (χ3n) is 6.40. The Morgan fingerprint density at radius 2 is 1.31 bits per heavy atom. The molecule has 0 bridgehead atoms. The molecular weight excluding hydrogens is 484 g/mol. The highest BCUT2D eigenvalue weighted by molar-refractivity contribution is 5.94. The second kappa shape index (κ2) is 15.6. The van der Waals surface area contributed by atoms with Gasteiger partial charge in [-0.05, 0) is 42.5 Å². The normalized spacial score (nSPS) is 12.8. The van der Waals surface area contributed by atoms with Crippen LogP contribution in [0.5, 0.6) is 0 Å². The molecular formula is C35H42O4. The number of allylic oxidation sites excluding steroid dienone is 1. The van der Waals surface area contributed by atoms with Gasteiger partial charge >= 0.3 is 5.97 Å². The molecule has 206 valence electrons. The predicted molar refractivity (Wildman–Crippen MR) is 161 cm³/mol. The average molecular weight is 527 g/mol. The van der Waals surface area contributed by atoms with Gasteiger partial charge in [0.15, 0.2) is 5.78 Å². The summed E-state index contributed by atoms with van der Waals surface area (Å²) >= 11 is 0. The molecule has 0 spiro atoms. The highest BCUT2D eigenvalue weighted by atomic mass is 16.5. The van der Waals surface area contributed by atoms with Gasteiger partial charge in [-0.2, -0.15) is 0 Å². The van der Waals surface area contributed by atoms with Gasteiger partial charge in [0.25, 0.3) is 0 Å². The van der Waals surface area contributed by atoms with Crippen LogP contribution in [0.3, 0.4) is 0 Å². The Morgan fingerprint density at radius 1 is 0.795 bits per heavy atom. The fourth-order valence-corrected chi connectivity index (χ4v) is 3.44. The molecule has 0 amide bonds. The zero-order chi connectivity index (χ0) is 28.8. The summed E-state index contributed by atoms with van der Waals surface area (Å²) in [6.45, 7) is 11.9. The van der Waals surface area contributed by atoms with E-state index in [1.54, 1.807) is 12.2 Å². The van der Waals surface area contributed by atoms with E-state index in [1.165, 1.54) is 11.1 Å². The largest absolute Gasteiger partial charge is 0.461 e. The van der Waals surface area contributed by atoms with Crippen LogP contribution in [0.1, 0.15) is 61.9 Å². The van der Waals surface area contributed by atoms with Gasteiger partial charge in [-0.1, -0.05) is 136 Å². The standard InChI is InChI=1S/C22H26O3.C13H16O/c1-17(2)22(24,14-13-19-11-9-18(3)10-12-19)15-21(23)25-16-20-7-5-4-6-8-20;1-10(2)13(14)9-8-12-6-4-11(3)5-7-12/h4-14,17,24H,15-16H2,1-3H3;4-10H,1-3H3/b14-13+;9-8+. The zero-order valence-corrected chi connectivity index (χ0v) is 24.1. The molecule has 0 heterocycles. The second-order valence-electron chi connectivity index (χ2n) is 10.5. The molecule has 0 saturated heterocycles. The predicted octanol–water partition coefficient (Wildman–Crippen LogP) is 7.76. The lowest BCUT2D eigenvalue weighted by molar-refractivity contribution is -0.150. The maximum absolute atomic E-state index is 12.2. The average Bonchev–Trinajstić information content (AvgIpc) is 2.92. The summed E-state index contributed by atoms with van der Waals surface area (Å²) in [6.07, 6.45) is 6.99. The molecule has 1 atom stereocenters. The van der Waals surface area contributed by atoms with Crippen LogP contribution in [0.4, 0.5) is 0 Å². The minimum Gasteiger partial charge on any atom is -0.461 e. The monoisotopic (exact) mass is 526 g/mol. The number of hydrogen-bond acceptors (Lipinski definition) is 4. The van der Waals surface area contributed by atoms with E-state index in [1.807, 2.05) is 133 Å². The van der Waals surface area contributed by atoms with Crippen LogP contribution in [0.25, 0.3) is 12.2 Å². The Morgan fingerprint density at radius 3 is 1.79 bits per heavy atom. The molecule has 1 unspecified atom stereocenters. The summed E-state index contributed by atoms with van der Waals surface area (Å²) in [5, 5.41) is 10.9. The number of carbonyl (C=O) groups is 2. The molecule has 0 saturated carbocycles. The van der Waals surface area contributed by atoms with Crippen molar-refractivity contribution >= 4 is 23.9 Å². The van der Waals surface area contributed by atoms with Crippen LogP contribution in [-0.4, -0.2) is 22.5 Å². The van der Waals surface area contributed by atoms with Crippen LogP contribution in [0.2, 0.25) is 0 Å². The highest BCUT2D eigenvalue weighted by Crippen LogP contribution is 2.25. The van der Waals surface area contributed by atoms with Crippen molar-refractivity contribution in [2.45, 2.75) is 60.2 Å². The summed E-state index contributed by atoms with van der Waals surface area (Å²) in [4.78, 5) is 23.5. The molecule has 3 aromatic rings. The lowest BCUT2D eigenvalue weighted by Crippen LogP contribution is -2.35. The first-order valence-corrected chi connectivity index (χ1v) is 13.4. The number of benzene rings is 3. The van der Waals surface area contributed by atoms with Crippen LogP contribution >= 0.6 is 0 Å². The van der Waals surface area contributed by atoms with Crippen molar-refractivity contribution in [1.29, 1.82) is 0 Å².